The Labute approximate surface area is 171 Å². The lowest BCUT2D eigenvalue weighted by Crippen LogP contribution is -2.40. The topological polar surface area (TPSA) is 23.6 Å². The second-order valence-corrected chi connectivity index (χ2v) is 8.34. The number of halogens is 1. The van der Waals surface area contributed by atoms with E-state index in [2.05, 4.69) is 18.7 Å². The summed E-state index contributed by atoms with van der Waals surface area (Å²) in [7, 11) is 0. The summed E-state index contributed by atoms with van der Waals surface area (Å²) >= 11 is 0. The Bertz CT molecular complexity index is 560. The number of rotatable bonds is 12. The molecule has 0 aromatic heterocycles. The third-order valence-corrected chi connectivity index (χ3v) is 5.95. The zero-order valence-electron chi connectivity index (χ0n) is 18.0. The van der Waals surface area contributed by atoms with Gasteiger partial charge in [0.2, 0.25) is 5.91 Å². The highest BCUT2D eigenvalue weighted by Crippen LogP contribution is 2.17. The number of carbonyl (C=O) groups excluding carboxylic acids is 1. The van der Waals surface area contributed by atoms with Crippen LogP contribution < -0.4 is 0 Å². The van der Waals surface area contributed by atoms with Gasteiger partial charge in [-0.3, -0.25) is 4.79 Å². The molecule has 1 amide bonds. The Morgan fingerprint density at radius 2 is 1.86 bits per heavy atom. The van der Waals surface area contributed by atoms with Crippen molar-refractivity contribution < 1.29 is 9.18 Å². The van der Waals surface area contributed by atoms with Crippen molar-refractivity contribution in [1.82, 2.24) is 9.80 Å². The highest BCUT2D eigenvalue weighted by atomic mass is 19.1. The van der Waals surface area contributed by atoms with Gasteiger partial charge in [0, 0.05) is 32.1 Å². The smallest absolute Gasteiger partial charge is 0.222 e. The molecule has 0 aliphatic carbocycles. The van der Waals surface area contributed by atoms with Crippen molar-refractivity contribution >= 4 is 5.91 Å². The third kappa shape index (κ3) is 8.30. The van der Waals surface area contributed by atoms with Crippen molar-refractivity contribution in [1.29, 1.82) is 0 Å². The third-order valence-electron chi connectivity index (χ3n) is 5.95. The van der Waals surface area contributed by atoms with Crippen LogP contribution in [0.3, 0.4) is 0 Å². The first kappa shape index (κ1) is 22.9. The molecule has 3 nitrogen and oxygen atoms in total. The Hall–Kier alpha value is -1.42. The summed E-state index contributed by atoms with van der Waals surface area (Å²) in [6.45, 7) is 8.14. The van der Waals surface area contributed by atoms with Crippen LogP contribution in [0.25, 0.3) is 0 Å². The summed E-state index contributed by atoms with van der Waals surface area (Å²) < 4.78 is 13.2. The van der Waals surface area contributed by atoms with Crippen LogP contribution in [0.2, 0.25) is 0 Å². The van der Waals surface area contributed by atoms with Gasteiger partial charge in [0.15, 0.2) is 0 Å². The lowest BCUT2D eigenvalue weighted by Gasteiger charge is -2.34. The molecule has 1 saturated heterocycles. The number of amides is 1. The molecule has 0 bridgehead atoms. The largest absolute Gasteiger partial charge is 0.338 e. The fourth-order valence-corrected chi connectivity index (χ4v) is 4.09. The quantitative estimate of drug-likeness (QED) is 0.422. The molecule has 1 atom stereocenters. The fourth-order valence-electron chi connectivity index (χ4n) is 4.09. The minimum atomic E-state index is -0.225. The molecular formula is C24H39FN2O. The highest BCUT2D eigenvalue weighted by Gasteiger charge is 2.19. The SMILES string of the molecule is CCCCCCCC(=O)N(CCCN1CCCCC1C)Cc1ccc(F)cc1. The van der Waals surface area contributed by atoms with E-state index in [-0.39, 0.29) is 11.7 Å². The van der Waals surface area contributed by atoms with Gasteiger partial charge in [-0.05, 0) is 56.8 Å². The molecule has 2 rings (SSSR count). The van der Waals surface area contributed by atoms with Crippen molar-refractivity contribution in [2.24, 2.45) is 0 Å². The number of unbranched alkanes of at least 4 members (excludes halogenated alkanes) is 4. The summed E-state index contributed by atoms with van der Waals surface area (Å²) in [5.41, 5.74) is 1.01. The van der Waals surface area contributed by atoms with Crippen LogP contribution in [0, 0.1) is 5.82 Å². The van der Waals surface area contributed by atoms with Crippen LogP contribution in [-0.4, -0.2) is 41.4 Å². The van der Waals surface area contributed by atoms with E-state index in [4.69, 9.17) is 0 Å². The Balaban J connectivity index is 1.85. The monoisotopic (exact) mass is 390 g/mol. The average Bonchev–Trinajstić information content (AvgIpc) is 2.70. The Morgan fingerprint density at radius 3 is 2.57 bits per heavy atom. The summed E-state index contributed by atoms with van der Waals surface area (Å²) in [5.74, 6) is 0.0177. The van der Waals surface area contributed by atoms with Gasteiger partial charge in [0.1, 0.15) is 5.82 Å². The van der Waals surface area contributed by atoms with Gasteiger partial charge in [-0.15, -0.1) is 0 Å². The van der Waals surface area contributed by atoms with Crippen LogP contribution in [-0.2, 0) is 11.3 Å². The van der Waals surface area contributed by atoms with Gasteiger partial charge in [-0.25, -0.2) is 4.39 Å². The lowest BCUT2D eigenvalue weighted by molar-refractivity contribution is -0.132. The Morgan fingerprint density at radius 1 is 1.11 bits per heavy atom. The zero-order chi connectivity index (χ0) is 20.2. The number of likely N-dealkylation sites (tertiary alicyclic amines) is 1. The maximum absolute atomic E-state index is 13.2. The first-order valence-corrected chi connectivity index (χ1v) is 11.4. The van der Waals surface area contributed by atoms with Crippen molar-refractivity contribution in [3.05, 3.63) is 35.6 Å². The van der Waals surface area contributed by atoms with E-state index in [1.807, 2.05) is 4.90 Å². The molecule has 0 radical (unpaired) electrons. The second-order valence-electron chi connectivity index (χ2n) is 8.34. The maximum atomic E-state index is 13.2. The van der Waals surface area contributed by atoms with Crippen molar-refractivity contribution in [2.45, 2.75) is 90.6 Å². The number of benzene rings is 1. The molecule has 0 saturated carbocycles. The molecule has 1 aliphatic heterocycles. The summed E-state index contributed by atoms with van der Waals surface area (Å²) in [6, 6.07) is 7.22. The predicted molar refractivity (Wildman–Crippen MR) is 115 cm³/mol. The normalized spacial score (nSPS) is 17.6. The van der Waals surface area contributed by atoms with Crippen LogP contribution >= 0.6 is 0 Å². The molecule has 0 N–H and O–H groups in total. The fraction of sp³-hybridized carbons (Fsp3) is 0.708. The number of hydrogen-bond donors (Lipinski definition) is 0. The van der Waals surface area contributed by atoms with Crippen LogP contribution in [0.4, 0.5) is 4.39 Å². The van der Waals surface area contributed by atoms with E-state index in [0.29, 0.717) is 19.0 Å². The second kappa shape index (κ2) is 12.9. The van der Waals surface area contributed by atoms with E-state index in [1.54, 1.807) is 12.1 Å². The summed E-state index contributed by atoms with van der Waals surface area (Å²) in [4.78, 5) is 17.4. The first-order chi connectivity index (χ1) is 13.6. The maximum Gasteiger partial charge on any atom is 0.222 e. The molecule has 1 aliphatic rings. The molecule has 1 heterocycles. The molecule has 28 heavy (non-hydrogen) atoms. The van der Waals surface area contributed by atoms with Gasteiger partial charge in [0.25, 0.3) is 0 Å². The van der Waals surface area contributed by atoms with Gasteiger partial charge < -0.3 is 9.80 Å². The zero-order valence-corrected chi connectivity index (χ0v) is 18.0. The Kier molecular flexibility index (Phi) is 10.6. The number of nitrogens with zero attached hydrogens (tertiary/aromatic N) is 2. The van der Waals surface area contributed by atoms with Gasteiger partial charge >= 0.3 is 0 Å². The molecule has 0 spiro atoms. The molecular weight excluding hydrogens is 351 g/mol. The van der Waals surface area contributed by atoms with Gasteiger partial charge in [-0.1, -0.05) is 51.2 Å². The summed E-state index contributed by atoms with van der Waals surface area (Å²) in [6.07, 6.45) is 11.4. The molecule has 1 fully saturated rings. The molecule has 158 valence electrons. The lowest BCUT2D eigenvalue weighted by atomic mass is 10.0. The molecule has 1 aromatic rings. The first-order valence-electron chi connectivity index (χ1n) is 11.4. The van der Waals surface area contributed by atoms with E-state index < -0.39 is 0 Å². The standard InChI is InChI=1S/C24H39FN2O/c1-3-4-5-6-7-12-24(28)27(20-22-13-15-23(25)16-14-22)19-10-18-26-17-9-8-11-21(26)2/h13-16,21H,3-12,17-20H2,1-2H3. The number of carbonyl (C=O) groups is 1. The van der Waals surface area contributed by atoms with Crippen LogP contribution in [0.15, 0.2) is 24.3 Å². The van der Waals surface area contributed by atoms with Crippen LogP contribution in [0.5, 0.6) is 0 Å². The van der Waals surface area contributed by atoms with E-state index in [9.17, 15) is 9.18 Å². The van der Waals surface area contributed by atoms with Gasteiger partial charge in [0.05, 0.1) is 0 Å². The highest BCUT2D eigenvalue weighted by molar-refractivity contribution is 5.76. The van der Waals surface area contributed by atoms with E-state index in [1.165, 1.54) is 57.2 Å². The predicted octanol–water partition coefficient (Wildman–Crippen LogP) is 5.78. The molecule has 1 unspecified atom stereocenters. The molecule has 4 heteroatoms. The molecule has 1 aromatic carbocycles. The van der Waals surface area contributed by atoms with Crippen molar-refractivity contribution in [3.8, 4) is 0 Å². The van der Waals surface area contributed by atoms with Crippen molar-refractivity contribution in [3.63, 3.8) is 0 Å². The van der Waals surface area contributed by atoms with E-state index in [0.717, 1.165) is 37.9 Å². The van der Waals surface area contributed by atoms with Crippen molar-refractivity contribution in [2.75, 3.05) is 19.6 Å². The number of hydrogen-bond acceptors (Lipinski definition) is 2. The summed E-state index contributed by atoms with van der Waals surface area (Å²) in [5, 5.41) is 0. The average molecular weight is 391 g/mol. The number of piperidine rings is 1. The van der Waals surface area contributed by atoms with Crippen LogP contribution in [0.1, 0.15) is 83.6 Å². The van der Waals surface area contributed by atoms with E-state index >= 15 is 0 Å². The minimum Gasteiger partial charge on any atom is -0.338 e. The minimum absolute atomic E-state index is 0.225. The van der Waals surface area contributed by atoms with Gasteiger partial charge in [-0.2, -0.15) is 0 Å².